The van der Waals surface area contributed by atoms with Gasteiger partial charge in [-0.3, -0.25) is 0 Å². The number of hydrogen-bond donors (Lipinski definition) is 1. The number of halogens is 1. The molecule has 0 aliphatic heterocycles. The molecule has 1 aromatic rings. The molecule has 1 nitrogen and oxygen atoms in total. The summed E-state index contributed by atoms with van der Waals surface area (Å²) in [6, 6.07) is 6.34. The van der Waals surface area contributed by atoms with Gasteiger partial charge in [0.1, 0.15) is 0 Å². The Balaban J connectivity index is 2.81. The molecule has 0 atom stereocenters. The molecule has 0 aliphatic carbocycles. The minimum Gasteiger partial charge on any atom is -0.326 e. The smallest absolute Gasteiger partial charge is 0.0180 e. The predicted molar refractivity (Wildman–Crippen MR) is 60.6 cm³/mol. The van der Waals surface area contributed by atoms with Crippen LogP contribution in [0.2, 0.25) is 0 Å². The Kier molecular flexibility index (Phi) is 4.46. The fraction of sp³-hybridized carbons (Fsp3) is 0.455. The summed E-state index contributed by atoms with van der Waals surface area (Å²) in [5, 5.41) is 0. The van der Waals surface area contributed by atoms with E-state index >= 15 is 0 Å². The van der Waals surface area contributed by atoms with Crippen molar-refractivity contribution in [1.82, 2.24) is 0 Å². The van der Waals surface area contributed by atoms with E-state index in [1.165, 1.54) is 24.0 Å². The molecule has 0 aliphatic rings. The molecule has 0 saturated heterocycles. The number of nitrogens with two attached hydrogens (primary N) is 1. The van der Waals surface area contributed by atoms with Gasteiger partial charge in [-0.15, -0.1) is 0 Å². The van der Waals surface area contributed by atoms with Crippen LogP contribution >= 0.6 is 15.9 Å². The first kappa shape index (κ1) is 10.7. The Bertz CT molecular complexity index is 271. The Morgan fingerprint density at radius 2 is 2.08 bits per heavy atom. The van der Waals surface area contributed by atoms with Crippen molar-refractivity contribution in [2.75, 3.05) is 0 Å². The standard InChI is InChI=1S/C11H16BrN/c1-2-3-4-9-7-11(12)6-5-10(9)8-13/h5-7H,2-4,8,13H2,1H3. The zero-order valence-corrected chi connectivity index (χ0v) is 9.60. The minimum atomic E-state index is 0.645. The zero-order valence-electron chi connectivity index (χ0n) is 8.02. The average Bonchev–Trinajstić information content (AvgIpc) is 2.15. The van der Waals surface area contributed by atoms with Crippen LogP contribution in [-0.2, 0) is 13.0 Å². The molecule has 0 aromatic heterocycles. The van der Waals surface area contributed by atoms with Gasteiger partial charge in [0.25, 0.3) is 0 Å². The lowest BCUT2D eigenvalue weighted by molar-refractivity contribution is 0.785. The highest BCUT2D eigenvalue weighted by atomic mass is 79.9. The van der Waals surface area contributed by atoms with Crippen molar-refractivity contribution in [1.29, 1.82) is 0 Å². The number of benzene rings is 1. The molecule has 2 heteroatoms. The van der Waals surface area contributed by atoms with Gasteiger partial charge in [-0.25, -0.2) is 0 Å². The Labute approximate surface area is 88.5 Å². The summed E-state index contributed by atoms with van der Waals surface area (Å²) in [5.74, 6) is 0. The molecule has 0 spiro atoms. The highest BCUT2D eigenvalue weighted by Gasteiger charge is 2.00. The maximum absolute atomic E-state index is 5.66. The summed E-state index contributed by atoms with van der Waals surface area (Å²) in [5.41, 5.74) is 8.32. The van der Waals surface area contributed by atoms with Crippen molar-refractivity contribution in [2.45, 2.75) is 32.7 Å². The second-order valence-electron chi connectivity index (χ2n) is 3.22. The van der Waals surface area contributed by atoms with E-state index in [0.29, 0.717) is 6.54 Å². The van der Waals surface area contributed by atoms with Gasteiger partial charge in [0.2, 0.25) is 0 Å². The second-order valence-corrected chi connectivity index (χ2v) is 4.14. The number of hydrogen-bond acceptors (Lipinski definition) is 1. The molecule has 0 saturated carbocycles. The van der Waals surface area contributed by atoms with Crippen molar-refractivity contribution in [3.8, 4) is 0 Å². The van der Waals surface area contributed by atoms with Gasteiger partial charge in [-0.05, 0) is 36.1 Å². The molecule has 0 unspecified atom stereocenters. The van der Waals surface area contributed by atoms with Crippen LogP contribution in [0.4, 0.5) is 0 Å². The largest absolute Gasteiger partial charge is 0.326 e. The van der Waals surface area contributed by atoms with Crippen molar-refractivity contribution >= 4 is 15.9 Å². The Morgan fingerprint density at radius 3 is 2.69 bits per heavy atom. The van der Waals surface area contributed by atoms with Gasteiger partial charge in [-0.1, -0.05) is 35.3 Å². The van der Waals surface area contributed by atoms with Crippen LogP contribution < -0.4 is 5.73 Å². The number of unbranched alkanes of at least 4 members (excludes halogenated alkanes) is 1. The maximum Gasteiger partial charge on any atom is 0.0180 e. The third kappa shape index (κ3) is 3.12. The van der Waals surface area contributed by atoms with E-state index in [9.17, 15) is 0 Å². The van der Waals surface area contributed by atoms with E-state index in [2.05, 4.69) is 41.1 Å². The molecule has 0 heterocycles. The molecule has 0 fully saturated rings. The third-order valence-corrected chi connectivity index (χ3v) is 2.68. The zero-order chi connectivity index (χ0) is 9.68. The van der Waals surface area contributed by atoms with Gasteiger partial charge in [0.15, 0.2) is 0 Å². The monoisotopic (exact) mass is 241 g/mol. The van der Waals surface area contributed by atoms with E-state index in [1.54, 1.807) is 0 Å². The van der Waals surface area contributed by atoms with Crippen LogP contribution in [-0.4, -0.2) is 0 Å². The minimum absolute atomic E-state index is 0.645. The highest BCUT2D eigenvalue weighted by molar-refractivity contribution is 9.10. The Morgan fingerprint density at radius 1 is 1.31 bits per heavy atom. The van der Waals surface area contributed by atoms with E-state index < -0.39 is 0 Å². The van der Waals surface area contributed by atoms with Crippen molar-refractivity contribution in [3.05, 3.63) is 33.8 Å². The van der Waals surface area contributed by atoms with Crippen LogP contribution in [0.3, 0.4) is 0 Å². The summed E-state index contributed by atoms with van der Waals surface area (Å²) in [4.78, 5) is 0. The van der Waals surface area contributed by atoms with Crippen LogP contribution in [0.1, 0.15) is 30.9 Å². The van der Waals surface area contributed by atoms with Gasteiger partial charge < -0.3 is 5.73 Å². The average molecular weight is 242 g/mol. The molecule has 0 bridgehead atoms. The number of aryl methyl sites for hydroxylation is 1. The fourth-order valence-electron chi connectivity index (χ4n) is 1.39. The van der Waals surface area contributed by atoms with E-state index in [1.807, 2.05) is 0 Å². The SMILES string of the molecule is CCCCc1cc(Br)ccc1CN. The molecule has 13 heavy (non-hydrogen) atoms. The first-order chi connectivity index (χ1) is 6.27. The lowest BCUT2D eigenvalue weighted by Gasteiger charge is -2.07. The van der Waals surface area contributed by atoms with Crippen LogP contribution in [0.5, 0.6) is 0 Å². The summed E-state index contributed by atoms with van der Waals surface area (Å²) < 4.78 is 1.15. The molecule has 1 aromatic carbocycles. The van der Waals surface area contributed by atoms with E-state index in [-0.39, 0.29) is 0 Å². The van der Waals surface area contributed by atoms with Gasteiger partial charge >= 0.3 is 0 Å². The van der Waals surface area contributed by atoms with Crippen LogP contribution in [0.25, 0.3) is 0 Å². The van der Waals surface area contributed by atoms with Crippen molar-refractivity contribution in [3.63, 3.8) is 0 Å². The van der Waals surface area contributed by atoms with Gasteiger partial charge in [0, 0.05) is 11.0 Å². The Hall–Kier alpha value is -0.340. The van der Waals surface area contributed by atoms with Gasteiger partial charge in [-0.2, -0.15) is 0 Å². The highest BCUT2D eigenvalue weighted by Crippen LogP contribution is 2.18. The summed E-state index contributed by atoms with van der Waals surface area (Å²) in [6.07, 6.45) is 3.61. The normalized spacial score (nSPS) is 10.4. The van der Waals surface area contributed by atoms with Crippen molar-refractivity contribution < 1.29 is 0 Å². The number of rotatable bonds is 4. The summed E-state index contributed by atoms with van der Waals surface area (Å²) in [6.45, 7) is 2.85. The predicted octanol–water partition coefficient (Wildman–Crippen LogP) is 3.25. The first-order valence-corrected chi connectivity index (χ1v) is 5.54. The molecular formula is C11H16BrN. The molecule has 72 valence electrons. The molecule has 1 rings (SSSR count). The quantitative estimate of drug-likeness (QED) is 0.861. The lowest BCUT2D eigenvalue weighted by atomic mass is 10.0. The maximum atomic E-state index is 5.66. The summed E-state index contributed by atoms with van der Waals surface area (Å²) in [7, 11) is 0. The fourth-order valence-corrected chi connectivity index (χ4v) is 1.80. The first-order valence-electron chi connectivity index (χ1n) is 4.75. The molecular weight excluding hydrogens is 226 g/mol. The second kappa shape index (κ2) is 5.40. The molecule has 0 radical (unpaired) electrons. The van der Waals surface area contributed by atoms with Crippen LogP contribution in [0.15, 0.2) is 22.7 Å². The van der Waals surface area contributed by atoms with Crippen LogP contribution in [0, 0.1) is 0 Å². The van der Waals surface area contributed by atoms with Gasteiger partial charge in [0.05, 0.1) is 0 Å². The molecule has 2 N–H and O–H groups in total. The lowest BCUT2D eigenvalue weighted by Crippen LogP contribution is -2.01. The van der Waals surface area contributed by atoms with E-state index in [0.717, 1.165) is 10.9 Å². The summed E-state index contributed by atoms with van der Waals surface area (Å²) >= 11 is 3.48. The van der Waals surface area contributed by atoms with Crippen molar-refractivity contribution in [2.24, 2.45) is 5.73 Å². The third-order valence-electron chi connectivity index (χ3n) is 2.19. The topological polar surface area (TPSA) is 26.0 Å². The molecule has 0 amide bonds. The van der Waals surface area contributed by atoms with E-state index in [4.69, 9.17) is 5.73 Å².